The summed E-state index contributed by atoms with van der Waals surface area (Å²) in [6.07, 6.45) is -3.37. The van der Waals surface area contributed by atoms with Gasteiger partial charge in [-0.1, -0.05) is 0 Å². The quantitative estimate of drug-likeness (QED) is 0.216. The lowest BCUT2D eigenvalue weighted by Gasteiger charge is -2.10. The number of carbonyl (C=O) groups is 2. The van der Waals surface area contributed by atoms with E-state index in [1.54, 1.807) is 0 Å². The van der Waals surface area contributed by atoms with E-state index in [-0.39, 0.29) is 13.2 Å². The zero-order valence-electron chi connectivity index (χ0n) is 9.36. The number of amides is 1. The summed E-state index contributed by atoms with van der Waals surface area (Å²) in [6, 6.07) is 0. The van der Waals surface area contributed by atoms with Gasteiger partial charge in [0.25, 0.3) is 0 Å². The van der Waals surface area contributed by atoms with E-state index in [2.05, 4.69) is 26.8 Å². The standard InChI is InChI=1S/C7H14O7.CH2ClNO/c8-1-5(10)3-13-7(12)14-4-6(11)2-9;2-1(3)4/h5-6,8-11H,1-4H2;(H2,3,4). The fourth-order valence-corrected chi connectivity index (χ4v) is 0.476. The minimum atomic E-state index is -1.15. The highest BCUT2D eigenvalue weighted by Crippen LogP contribution is 1.91. The highest BCUT2D eigenvalue weighted by molar-refractivity contribution is 6.62. The van der Waals surface area contributed by atoms with Crippen molar-refractivity contribution < 1.29 is 39.5 Å². The third-order valence-electron chi connectivity index (χ3n) is 1.21. The van der Waals surface area contributed by atoms with Crippen LogP contribution in [0.1, 0.15) is 0 Å². The summed E-state index contributed by atoms with van der Waals surface area (Å²) >= 11 is 4.41. The van der Waals surface area contributed by atoms with Gasteiger partial charge in [0, 0.05) is 0 Å². The number of hydrogen-bond donors (Lipinski definition) is 5. The van der Waals surface area contributed by atoms with Crippen LogP contribution in [0.15, 0.2) is 0 Å². The smallest absolute Gasteiger partial charge is 0.431 e. The van der Waals surface area contributed by atoms with Crippen LogP contribution >= 0.6 is 11.6 Å². The lowest BCUT2D eigenvalue weighted by molar-refractivity contribution is -0.0215. The van der Waals surface area contributed by atoms with Crippen molar-refractivity contribution in [1.82, 2.24) is 0 Å². The average Bonchev–Trinajstić information content (AvgIpc) is 2.31. The third kappa shape index (κ3) is 17.3. The summed E-state index contributed by atoms with van der Waals surface area (Å²) < 4.78 is 8.65. The highest BCUT2D eigenvalue weighted by Gasteiger charge is 2.10. The molecule has 0 spiro atoms. The van der Waals surface area contributed by atoms with E-state index in [1.165, 1.54) is 0 Å². The molecule has 0 aromatic heterocycles. The fraction of sp³-hybridized carbons (Fsp3) is 0.750. The molecule has 0 aliphatic heterocycles. The maximum absolute atomic E-state index is 10.7. The van der Waals surface area contributed by atoms with Crippen molar-refractivity contribution in [2.45, 2.75) is 12.2 Å². The molecule has 1 amide bonds. The van der Waals surface area contributed by atoms with Crippen molar-refractivity contribution in [3.05, 3.63) is 0 Å². The highest BCUT2D eigenvalue weighted by atomic mass is 35.5. The van der Waals surface area contributed by atoms with Gasteiger partial charge in [0.2, 0.25) is 0 Å². The van der Waals surface area contributed by atoms with Gasteiger partial charge in [0.05, 0.1) is 13.2 Å². The lowest BCUT2D eigenvalue weighted by atomic mass is 10.4. The maximum atomic E-state index is 10.7. The van der Waals surface area contributed by atoms with Crippen LogP contribution in [0.25, 0.3) is 0 Å². The Bertz CT molecular complexity index is 219. The van der Waals surface area contributed by atoms with Crippen LogP contribution in [0.3, 0.4) is 0 Å². The number of nitrogens with two attached hydrogens (primary N) is 1. The SMILES string of the molecule is NC(=O)Cl.O=C(OCC(O)CO)OCC(O)CO. The second-order valence-corrected chi connectivity index (χ2v) is 3.22. The third-order valence-corrected chi connectivity index (χ3v) is 1.21. The number of primary amides is 1. The molecule has 0 aliphatic rings. The Hall–Kier alpha value is -1.13. The summed E-state index contributed by atoms with van der Waals surface area (Å²) in [5.41, 5.74) is 4.24. The summed E-state index contributed by atoms with van der Waals surface area (Å²) in [6.45, 7) is -1.81. The first-order chi connectivity index (χ1) is 8.33. The van der Waals surface area contributed by atoms with Crippen LogP contribution in [0, 0.1) is 0 Å². The molecule has 2 atom stereocenters. The van der Waals surface area contributed by atoms with Gasteiger partial charge in [-0.2, -0.15) is 0 Å². The first-order valence-electron chi connectivity index (χ1n) is 4.65. The zero-order valence-corrected chi connectivity index (χ0v) is 10.1. The number of carbonyl (C=O) groups excluding carboxylic acids is 2. The van der Waals surface area contributed by atoms with E-state index in [0.717, 1.165) is 0 Å². The first-order valence-corrected chi connectivity index (χ1v) is 5.03. The molecule has 0 aromatic carbocycles. The van der Waals surface area contributed by atoms with Crippen molar-refractivity contribution in [1.29, 1.82) is 0 Å². The average molecular weight is 290 g/mol. The van der Waals surface area contributed by atoms with Crippen molar-refractivity contribution in [3.8, 4) is 0 Å². The minimum Gasteiger partial charge on any atom is -0.431 e. The van der Waals surface area contributed by atoms with E-state index in [0.29, 0.717) is 0 Å². The van der Waals surface area contributed by atoms with E-state index in [1.807, 2.05) is 0 Å². The molecule has 0 saturated carbocycles. The molecular formula is C8H16ClNO8. The fourth-order valence-electron chi connectivity index (χ4n) is 0.476. The minimum absolute atomic E-state index is 0.384. The van der Waals surface area contributed by atoms with Crippen LogP contribution in [0.2, 0.25) is 0 Å². The number of halogens is 1. The topological polar surface area (TPSA) is 160 Å². The predicted molar refractivity (Wildman–Crippen MR) is 58.9 cm³/mol. The number of hydrogen-bond acceptors (Lipinski definition) is 8. The summed E-state index contributed by atoms with van der Waals surface area (Å²) in [5, 5.41) is 33.4. The van der Waals surface area contributed by atoms with Crippen LogP contribution in [-0.4, -0.2) is 70.6 Å². The normalized spacial score (nSPS) is 12.7. The van der Waals surface area contributed by atoms with Crippen molar-refractivity contribution >= 4 is 23.1 Å². The molecule has 6 N–H and O–H groups in total. The molecule has 10 heteroatoms. The lowest BCUT2D eigenvalue weighted by Crippen LogP contribution is -2.25. The van der Waals surface area contributed by atoms with Gasteiger partial charge in [-0.15, -0.1) is 0 Å². The Morgan fingerprint density at radius 3 is 1.56 bits per heavy atom. The Morgan fingerprint density at radius 1 is 1.06 bits per heavy atom. The maximum Gasteiger partial charge on any atom is 0.508 e. The molecule has 0 rings (SSSR count). The first kappa shape index (κ1) is 19.2. The van der Waals surface area contributed by atoms with Crippen LogP contribution < -0.4 is 5.73 Å². The molecule has 18 heavy (non-hydrogen) atoms. The van der Waals surface area contributed by atoms with Crippen LogP contribution in [-0.2, 0) is 9.47 Å². The monoisotopic (exact) mass is 289 g/mol. The van der Waals surface area contributed by atoms with E-state index >= 15 is 0 Å². The van der Waals surface area contributed by atoms with Gasteiger partial charge in [-0.05, 0) is 11.6 Å². The zero-order chi connectivity index (χ0) is 14.6. The predicted octanol–water partition coefficient (Wildman–Crippen LogP) is -1.85. The molecule has 0 bridgehead atoms. The molecule has 0 radical (unpaired) electrons. The Morgan fingerprint density at radius 2 is 1.33 bits per heavy atom. The van der Waals surface area contributed by atoms with E-state index in [4.69, 9.17) is 25.2 Å². The Balaban J connectivity index is 0. The van der Waals surface area contributed by atoms with Crippen molar-refractivity contribution in [3.63, 3.8) is 0 Å². The molecule has 0 saturated heterocycles. The van der Waals surface area contributed by atoms with Crippen molar-refractivity contribution in [2.24, 2.45) is 5.73 Å². The van der Waals surface area contributed by atoms with Gasteiger partial charge in [0.1, 0.15) is 25.4 Å². The molecule has 0 heterocycles. The molecule has 2 unspecified atom stereocenters. The van der Waals surface area contributed by atoms with E-state index in [9.17, 15) is 4.79 Å². The van der Waals surface area contributed by atoms with Gasteiger partial charge < -0.3 is 35.6 Å². The number of ether oxygens (including phenoxy) is 2. The van der Waals surface area contributed by atoms with Gasteiger partial charge in [0.15, 0.2) is 0 Å². The second-order valence-electron chi connectivity index (χ2n) is 2.85. The number of aliphatic hydroxyl groups is 4. The molecule has 0 fully saturated rings. The summed E-state index contributed by atoms with van der Waals surface area (Å²) in [4.78, 5) is 19.6. The van der Waals surface area contributed by atoms with Crippen molar-refractivity contribution in [2.75, 3.05) is 26.4 Å². The van der Waals surface area contributed by atoms with Gasteiger partial charge in [-0.25, -0.2) is 4.79 Å². The Kier molecular flexibility index (Phi) is 13.2. The van der Waals surface area contributed by atoms with Gasteiger partial charge >= 0.3 is 11.5 Å². The molecule has 9 nitrogen and oxygen atoms in total. The second kappa shape index (κ2) is 12.3. The number of rotatable bonds is 6. The van der Waals surface area contributed by atoms with Crippen LogP contribution in [0.5, 0.6) is 0 Å². The summed E-state index contributed by atoms with van der Waals surface area (Å²) in [7, 11) is 0. The Labute approximate surface area is 108 Å². The molecule has 108 valence electrons. The van der Waals surface area contributed by atoms with Gasteiger partial charge in [-0.3, -0.25) is 4.79 Å². The molecular weight excluding hydrogens is 274 g/mol. The molecule has 0 aliphatic carbocycles. The summed E-state index contributed by atoms with van der Waals surface area (Å²) in [5.74, 6) is 0. The van der Waals surface area contributed by atoms with Crippen LogP contribution in [0.4, 0.5) is 9.59 Å². The largest absolute Gasteiger partial charge is 0.508 e. The van der Waals surface area contributed by atoms with E-state index < -0.39 is 36.9 Å². The number of aliphatic hydroxyl groups excluding tert-OH is 4. The molecule has 0 aromatic rings.